The Morgan fingerprint density at radius 1 is 1.24 bits per heavy atom. The van der Waals surface area contributed by atoms with E-state index in [0.29, 0.717) is 0 Å². The second-order valence-corrected chi connectivity index (χ2v) is 6.67. The van der Waals surface area contributed by atoms with Crippen molar-refractivity contribution < 1.29 is 4.79 Å². The van der Waals surface area contributed by atoms with E-state index in [1.165, 1.54) is 18.5 Å². The van der Waals surface area contributed by atoms with Gasteiger partial charge in [-0.1, -0.05) is 32.9 Å². The van der Waals surface area contributed by atoms with Gasteiger partial charge in [0.2, 0.25) is 5.91 Å². The zero-order valence-corrected chi connectivity index (χ0v) is 13.7. The van der Waals surface area contributed by atoms with Gasteiger partial charge < -0.3 is 10.2 Å². The zero-order chi connectivity index (χ0) is 15.4. The molecule has 2 atom stereocenters. The summed E-state index contributed by atoms with van der Waals surface area (Å²) in [4.78, 5) is 14.2. The van der Waals surface area contributed by atoms with Gasteiger partial charge in [0, 0.05) is 24.7 Å². The maximum absolute atomic E-state index is 11.8. The molecule has 1 aromatic rings. The van der Waals surface area contributed by atoms with Crippen LogP contribution in [0.1, 0.15) is 52.1 Å². The molecule has 2 rings (SSSR count). The standard InChI is InChI=1S/C18H28N2O/c1-13(2)18(21)19-15(4)16-7-9-17(10-8-16)20-11-5-6-14(3)12-20/h7-10,13-15H,5-6,11-12H2,1-4H3,(H,19,21)/t14-,15-/m1/s1. The van der Waals surface area contributed by atoms with Crippen LogP contribution in [0.5, 0.6) is 0 Å². The number of nitrogens with one attached hydrogen (secondary N) is 1. The van der Waals surface area contributed by atoms with Crippen LogP contribution in [0.15, 0.2) is 24.3 Å². The van der Waals surface area contributed by atoms with Crippen molar-refractivity contribution in [2.45, 2.75) is 46.6 Å². The second kappa shape index (κ2) is 6.97. The number of hydrogen-bond donors (Lipinski definition) is 1. The normalized spacial score (nSPS) is 20.4. The van der Waals surface area contributed by atoms with Crippen LogP contribution >= 0.6 is 0 Å². The fraction of sp³-hybridized carbons (Fsp3) is 0.611. The van der Waals surface area contributed by atoms with Gasteiger partial charge in [0.15, 0.2) is 0 Å². The van der Waals surface area contributed by atoms with Crippen molar-refractivity contribution in [3.63, 3.8) is 0 Å². The fourth-order valence-corrected chi connectivity index (χ4v) is 2.86. The van der Waals surface area contributed by atoms with E-state index in [1.807, 2.05) is 20.8 Å². The highest BCUT2D eigenvalue weighted by molar-refractivity contribution is 5.78. The van der Waals surface area contributed by atoms with Crippen LogP contribution in [0.2, 0.25) is 0 Å². The van der Waals surface area contributed by atoms with E-state index in [9.17, 15) is 4.79 Å². The van der Waals surface area contributed by atoms with E-state index < -0.39 is 0 Å². The summed E-state index contributed by atoms with van der Waals surface area (Å²) >= 11 is 0. The van der Waals surface area contributed by atoms with Crippen LogP contribution in [0.3, 0.4) is 0 Å². The molecule has 1 saturated heterocycles. The molecule has 1 fully saturated rings. The minimum absolute atomic E-state index is 0.0292. The summed E-state index contributed by atoms with van der Waals surface area (Å²) in [6.07, 6.45) is 2.62. The minimum atomic E-state index is 0.0292. The van der Waals surface area contributed by atoms with Gasteiger partial charge in [-0.3, -0.25) is 4.79 Å². The van der Waals surface area contributed by atoms with Gasteiger partial charge in [-0.25, -0.2) is 0 Å². The second-order valence-electron chi connectivity index (χ2n) is 6.67. The van der Waals surface area contributed by atoms with Crippen LogP contribution in [-0.4, -0.2) is 19.0 Å². The van der Waals surface area contributed by atoms with Crippen molar-refractivity contribution in [3.05, 3.63) is 29.8 Å². The number of benzene rings is 1. The van der Waals surface area contributed by atoms with E-state index in [0.717, 1.165) is 24.6 Å². The number of nitrogens with zero attached hydrogens (tertiary/aromatic N) is 1. The lowest BCUT2D eigenvalue weighted by Gasteiger charge is -2.33. The first-order valence-electron chi connectivity index (χ1n) is 8.12. The third kappa shape index (κ3) is 4.23. The Kier molecular flexibility index (Phi) is 5.27. The molecular formula is C18H28N2O. The molecular weight excluding hydrogens is 260 g/mol. The minimum Gasteiger partial charge on any atom is -0.371 e. The number of hydrogen-bond acceptors (Lipinski definition) is 2. The average molecular weight is 288 g/mol. The molecule has 0 saturated carbocycles. The van der Waals surface area contributed by atoms with Crippen molar-refractivity contribution in [1.29, 1.82) is 0 Å². The van der Waals surface area contributed by atoms with Crippen molar-refractivity contribution in [3.8, 4) is 0 Å². The lowest BCUT2D eigenvalue weighted by molar-refractivity contribution is -0.124. The highest BCUT2D eigenvalue weighted by atomic mass is 16.1. The first kappa shape index (κ1) is 15.9. The molecule has 0 bridgehead atoms. The number of amides is 1. The van der Waals surface area contributed by atoms with Crippen LogP contribution in [-0.2, 0) is 4.79 Å². The van der Waals surface area contributed by atoms with Gasteiger partial charge in [0.05, 0.1) is 6.04 Å². The van der Waals surface area contributed by atoms with Gasteiger partial charge in [-0.2, -0.15) is 0 Å². The molecule has 1 aliphatic heterocycles. The molecule has 0 unspecified atom stereocenters. The fourth-order valence-electron chi connectivity index (χ4n) is 2.86. The number of piperidine rings is 1. The summed E-state index contributed by atoms with van der Waals surface area (Å²) in [7, 11) is 0. The molecule has 0 aromatic heterocycles. The Labute approximate surface area is 128 Å². The number of carbonyl (C=O) groups excluding carboxylic acids is 1. The number of carbonyl (C=O) groups is 1. The van der Waals surface area contributed by atoms with Crippen molar-refractivity contribution in [1.82, 2.24) is 5.32 Å². The maximum atomic E-state index is 11.8. The number of anilines is 1. The number of rotatable bonds is 4. The monoisotopic (exact) mass is 288 g/mol. The van der Waals surface area contributed by atoms with Crippen LogP contribution in [0.4, 0.5) is 5.69 Å². The first-order chi connectivity index (χ1) is 9.97. The molecule has 1 aromatic carbocycles. The SMILES string of the molecule is CC(C)C(=O)N[C@H](C)c1ccc(N2CCC[C@@H](C)C2)cc1. The molecule has 116 valence electrons. The Hall–Kier alpha value is -1.51. The topological polar surface area (TPSA) is 32.3 Å². The van der Waals surface area contributed by atoms with Gasteiger partial charge in [0.25, 0.3) is 0 Å². The predicted octanol–water partition coefficient (Wildman–Crippen LogP) is 3.76. The Morgan fingerprint density at radius 3 is 2.48 bits per heavy atom. The average Bonchev–Trinajstić information content (AvgIpc) is 2.47. The summed E-state index contributed by atoms with van der Waals surface area (Å²) in [6, 6.07) is 8.71. The molecule has 1 heterocycles. The van der Waals surface area contributed by atoms with Gasteiger partial charge in [-0.15, -0.1) is 0 Å². The molecule has 21 heavy (non-hydrogen) atoms. The van der Waals surface area contributed by atoms with E-state index in [1.54, 1.807) is 0 Å². The van der Waals surface area contributed by atoms with Crippen LogP contribution in [0, 0.1) is 11.8 Å². The van der Waals surface area contributed by atoms with E-state index in [4.69, 9.17) is 0 Å². The summed E-state index contributed by atoms with van der Waals surface area (Å²) in [6.45, 7) is 10.5. The Morgan fingerprint density at radius 2 is 1.90 bits per heavy atom. The third-order valence-corrected chi connectivity index (χ3v) is 4.30. The third-order valence-electron chi connectivity index (χ3n) is 4.30. The van der Waals surface area contributed by atoms with Crippen molar-refractivity contribution >= 4 is 11.6 Å². The first-order valence-corrected chi connectivity index (χ1v) is 8.12. The zero-order valence-electron chi connectivity index (χ0n) is 13.7. The summed E-state index contributed by atoms with van der Waals surface area (Å²) in [5.74, 6) is 0.917. The van der Waals surface area contributed by atoms with Gasteiger partial charge >= 0.3 is 0 Å². The van der Waals surface area contributed by atoms with E-state index in [-0.39, 0.29) is 17.9 Å². The van der Waals surface area contributed by atoms with Gasteiger partial charge in [-0.05, 0) is 43.4 Å². The molecule has 1 aliphatic rings. The maximum Gasteiger partial charge on any atom is 0.223 e. The lowest BCUT2D eigenvalue weighted by Crippen LogP contribution is -2.34. The lowest BCUT2D eigenvalue weighted by atomic mass is 9.99. The molecule has 3 heteroatoms. The predicted molar refractivity (Wildman–Crippen MR) is 88.4 cm³/mol. The molecule has 1 amide bonds. The van der Waals surface area contributed by atoms with E-state index >= 15 is 0 Å². The van der Waals surface area contributed by atoms with Crippen molar-refractivity contribution in [2.75, 3.05) is 18.0 Å². The quantitative estimate of drug-likeness (QED) is 0.915. The molecule has 1 N–H and O–H groups in total. The highest BCUT2D eigenvalue weighted by Crippen LogP contribution is 2.24. The summed E-state index contributed by atoms with van der Waals surface area (Å²) in [5.41, 5.74) is 2.46. The summed E-state index contributed by atoms with van der Waals surface area (Å²) < 4.78 is 0. The van der Waals surface area contributed by atoms with Crippen LogP contribution < -0.4 is 10.2 Å². The van der Waals surface area contributed by atoms with Crippen molar-refractivity contribution in [2.24, 2.45) is 11.8 Å². The Bertz CT molecular complexity index is 467. The highest BCUT2D eigenvalue weighted by Gasteiger charge is 2.17. The molecule has 0 radical (unpaired) electrons. The Balaban J connectivity index is 1.99. The smallest absolute Gasteiger partial charge is 0.223 e. The van der Waals surface area contributed by atoms with Gasteiger partial charge in [0.1, 0.15) is 0 Å². The molecule has 0 spiro atoms. The molecule has 3 nitrogen and oxygen atoms in total. The largest absolute Gasteiger partial charge is 0.371 e. The summed E-state index contributed by atoms with van der Waals surface area (Å²) in [5, 5.41) is 3.05. The molecule has 0 aliphatic carbocycles. The van der Waals surface area contributed by atoms with E-state index in [2.05, 4.69) is 41.4 Å². The van der Waals surface area contributed by atoms with Crippen LogP contribution in [0.25, 0.3) is 0 Å².